The summed E-state index contributed by atoms with van der Waals surface area (Å²) >= 11 is 0. The predicted molar refractivity (Wildman–Crippen MR) is 57.1 cm³/mol. The van der Waals surface area contributed by atoms with Crippen molar-refractivity contribution in [2.75, 3.05) is 6.61 Å². The topological polar surface area (TPSA) is 35.5 Å². The van der Waals surface area contributed by atoms with Crippen molar-refractivity contribution < 1.29 is 23.0 Å². The summed E-state index contributed by atoms with van der Waals surface area (Å²) in [6, 6.07) is 6.71. The Morgan fingerprint density at radius 2 is 2.29 bits per heavy atom. The van der Waals surface area contributed by atoms with E-state index in [0.717, 1.165) is 12.8 Å². The van der Waals surface area contributed by atoms with Crippen LogP contribution >= 0.6 is 0 Å². The number of carbonyl (C=O) groups is 1. The van der Waals surface area contributed by atoms with Crippen molar-refractivity contribution in [2.45, 2.75) is 26.4 Å². The standard InChI is InChI=1S/C12H13F2O3/c1-2-3-8-16-11(15)9-6-4-5-7-10(9)17-12(13)14/h4-5,7,12H,2-3,8H2,1H3. The molecule has 0 amide bonds. The van der Waals surface area contributed by atoms with E-state index in [-0.39, 0.29) is 17.9 Å². The van der Waals surface area contributed by atoms with Crippen molar-refractivity contribution in [1.82, 2.24) is 0 Å². The molecule has 0 aliphatic heterocycles. The number of benzene rings is 1. The quantitative estimate of drug-likeness (QED) is 0.569. The maximum absolute atomic E-state index is 12.1. The van der Waals surface area contributed by atoms with E-state index in [0.29, 0.717) is 0 Å². The van der Waals surface area contributed by atoms with Crippen LogP contribution < -0.4 is 4.74 Å². The lowest BCUT2D eigenvalue weighted by Gasteiger charge is -2.09. The van der Waals surface area contributed by atoms with Crippen molar-refractivity contribution in [1.29, 1.82) is 0 Å². The average Bonchev–Trinajstić information content (AvgIpc) is 2.29. The number of unbranched alkanes of at least 4 members (excludes halogenated alkanes) is 1. The SMILES string of the molecule is CCCCOC(=O)c1[c]cccc1OC(F)F. The molecule has 0 fully saturated rings. The zero-order valence-electron chi connectivity index (χ0n) is 9.41. The lowest BCUT2D eigenvalue weighted by Crippen LogP contribution is -2.11. The van der Waals surface area contributed by atoms with E-state index in [2.05, 4.69) is 10.8 Å². The molecule has 0 N–H and O–H groups in total. The summed E-state index contributed by atoms with van der Waals surface area (Å²) < 4.78 is 33.3. The average molecular weight is 243 g/mol. The smallest absolute Gasteiger partial charge is 0.387 e. The number of hydrogen-bond acceptors (Lipinski definition) is 3. The predicted octanol–water partition coefficient (Wildman–Crippen LogP) is 3.05. The molecule has 17 heavy (non-hydrogen) atoms. The molecule has 0 saturated carbocycles. The van der Waals surface area contributed by atoms with Crippen LogP contribution in [0.2, 0.25) is 0 Å². The van der Waals surface area contributed by atoms with E-state index in [1.54, 1.807) is 0 Å². The molecular weight excluding hydrogens is 230 g/mol. The minimum atomic E-state index is -2.98. The van der Waals surface area contributed by atoms with Crippen LogP contribution in [0.1, 0.15) is 30.1 Å². The van der Waals surface area contributed by atoms with Gasteiger partial charge in [-0.15, -0.1) is 0 Å². The largest absolute Gasteiger partial charge is 0.462 e. The van der Waals surface area contributed by atoms with E-state index >= 15 is 0 Å². The molecule has 0 aromatic heterocycles. The van der Waals surface area contributed by atoms with Gasteiger partial charge in [0.25, 0.3) is 0 Å². The van der Waals surface area contributed by atoms with Crippen LogP contribution in [-0.2, 0) is 4.74 Å². The maximum Gasteiger partial charge on any atom is 0.387 e. The van der Waals surface area contributed by atoms with E-state index in [4.69, 9.17) is 4.74 Å². The summed E-state index contributed by atoms with van der Waals surface area (Å²) in [6.45, 7) is -0.770. The molecule has 0 atom stereocenters. The van der Waals surface area contributed by atoms with Crippen LogP contribution in [0, 0.1) is 6.07 Å². The van der Waals surface area contributed by atoms with Crippen molar-refractivity contribution >= 4 is 5.97 Å². The Labute approximate surface area is 98.3 Å². The Morgan fingerprint density at radius 3 is 2.94 bits per heavy atom. The normalized spacial score (nSPS) is 10.4. The highest BCUT2D eigenvalue weighted by Crippen LogP contribution is 2.20. The van der Waals surface area contributed by atoms with Crippen LogP contribution in [0.25, 0.3) is 0 Å². The first-order valence-electron chi connectivity index (χ1n) is 5.27. The third kappa shape index (κ3) is 4.38. The van der Waals surface area contributed by atoms with E-state index < -0.39 is 12.6 Å². The fourth-order valence-corrected chi connectivity index (χ4v) is 1.16. The lowest BCUT2D eigenvalue weighted by molar-refractivity contribution is -0.0504. The first-order valence-corrected chi connectivity index (χ1v) is 5.27. The van der Waals surface area contributed by atoms with Crippen LogP contribution in [0.4, 0.5) is 8.78 Å². The first kappa shape index (κ1) is 13.4. The molecule has 5 heteroatoms. The molecule has 93 valence electrons. The minimum absolute atomic E-state index is 0.107. The van der Waals surface area contributed by atoms with Gasteiger partial charge in [0.1, 0.15) is 11.3 Å². The van der Waals surface area contributed by atoms with Crippen LogP contribution in [0.15, 0.2) is 18.2 Å². The molecule has 1 aromatic carbocycles. The highest BCUT2D eigenvalue weighted by molar-refractivity contribution is 5.92. The van der Waals surface area contributed by atoms with Crippen LogP contribution in [0.5, 0.6) is 5.75 Å². The van der Waals surface area contributed by atoms with Gasteiger partial charge in [0.15, 0.2) is 0 Å². The molecule has 0 aliphatic carbocycles. The van der Waals surface area contributed by atoms with Gasteiger partial charge in [-0.1, -0.05) is 25.5 Å². The Balaban J connectivity index is 2.71. The minimum Gasteiger partial charge on any atom is -0.462 e. The summed E-state index contributed by atoms with van der Waals surface area (Å²) in [4.78, 5) is 11.5. The number of ether oxygens (including phenoxy) is 2. The van der Waals surface area contributed by atoms with Crippen LogP contribution in [0.3, 0.4) is 0 Å². The van der Waals surface area contributed by atoms with Gasteiger partial charge in [-0.05, 0) is 12.5 Å². The summed E-state index contributed by atoms with van der Waals surface area (Å²) in [5.74, 6) is -0.918. The third-order valence-corrected chi connectivity index (χ3v) is 1.97. The fraction of sp³-hybridized carbons (Fsp3) is 0.417. The Kier molecular flexibility index (Phi) is 5.39. The van der Waals surface area contributed by atoms with Gasteiger partial charge in [-0.3, -0.25) is 0 Å². The number of esters is 1. The van der Waals surface area contributed by atoms with Gasteiger partial charge >= 0.3 is 12.6 Å². The molecule has 0 unspecified atom stereocenters. The highest BCUT2D eigenvalue weighted by atomic mass is 19.3. The zero-order valence-corrected chi connectivity index (χ0v) is 9.41. The third-order valence-electron chi connectivity index (χ3n) is 1.97. The van der Waals surface area contributed by atoms with E-state index in [1.807, 2.05) is 6.92 Å². The van der Waals surface area contributed by atoms with Crippen molar-refractivity contribution in [3.05, 3.63) is 29.8 Å². The van der Waals surface area contributed by atoms with Gasteiger partial charge in [-0.2, -0.15) is 8.78 Å². The van der Waals surface area contributed by atoms with Crippen molar-refractivity contribution in [3.63, 3.8) is 0 Å². The van der Waals surface area contributed by atoms with Gasteiger partial charge in [0.05, 0.1) is 6.61 Å². The molecule has 0 bridgehead atoms. The first-order chi connectivity index (χ1) is 8.15. The van der Waals surface area contributed by atoms with Crippen molar-refractivity contribution in [3.8, 4) is 5.75 Å². The second-order valence-electron chi connectivity index (χ2n) is 3.28. The van der Waals surface area contributed by atoms with Gasteiger partial charge in [0.2, 0.25) is 0 Å². The summed E-state index contributed by atoms with van der Waals surface area (Å²) in [6.07, 6.45) is 1.61. The molecule has 1 rings (SSSR count). The Bertz CT molecular complexity index is 367. The molecule has 0 spiro atoms. The van der Waals surface area contributed by atoms with Gasteiger partial charge in [0, 0.05) is 6.07 Å². The number of rotatable bonds is 6. The number of hydrogen-bond donors (Lipinski definition) is 0. The Morgan fingerprint density at radius 1 is 1.53 bits per heavy atom. The van der Waals surface area contributed by atoms with Crippen LogP contribution in [-0.4, -0.2) is 19.2 Å². The molecule has 0 heterocycles. The lowest BCUT2D eigenvalue weighted by atomic mass is 10.2. The summed E-state index contributed by atoms with van der Waals surface area (Å²) in [5.41, 5.74) is -0.107. The molecular formula is C12H13F2O3. The summed E-state index contributed by atoms with van der Waals surface area (Å²) in [7, 11) is 0. The second kappa shape index (κ2) is 6.83. The number of carbonyl (C=O) groups excluding carboxylic acids is 1. The summed E-state index contributed by atoms with van der Waals surface area (Å²) in [5, 5.41) is 0. The second-order valence-corrected chi connectivity index (χ2v) is 3.28. The maximum atomic E-state index is 12.1. The van der Waals surface area contributed by atoms with Crippen molar-refractivity contribution in [2.24, 2.45) is 0 Å². The highest BCUT2D eigenvalue weighted by Gasteiger charge is 2.16. The molecule has 0 saturated heterocycles. The monoisotopic (exact) mass is 243 g/mol. The number of alkyl halides is 2. The van der Waals surface area contributed by atoms with Gasteiger partial charge < -0.3 is 9.47 Å². The Hall–Kier alpha value is -1.65. The fourth-order valence-electron chi connectivity index (χ4n) is 1.16. The van der Waals surface area contributed by atoms with E-state index in [1.165, 1.54) is 18.2 Å². The molecule has 1 aromatic rings. The van der Waals surface area contributed by atoms with E-state index in [9.17, 15) is 13.6 Å². The molecule has 0 aliphatic rings. The zero-order chi connectivity index (χ0) is 12.7. The van der Waals surface area contributed by atoms with Gasteiger partial charge in [-0.25, -0.2) is 4.79 Å². The molecule has 1 radical (unpaired) electrons. The number of halogens is 2. The molecule has 3 nitrogen and oxygen atoms in total.